The fourth-order valence-corrected chi connectivity index (χ4v) is 3.04. The maximum Gasteiger partial charge on any atom is -0.0193 e. The molecule has 0 saturated carbocycles. The molecule has 0 aliphatic carbocycles. The van der Waals surface area contributed by atoms with E-state index in [1.54, 1.807) is 0 Å². The number of hydrogen-bond donors (Lipinski definition) is 0. The van der Waals surface area contributed by atoms with Crippen molar-refractivity contribution in [2.75, 3.05) is 0 Å². The van der Waals surface area contributed by atoms with Crippen molar-refractivity contribution in [3.05, 3.63) is 70.8 Å². The molecule has 2 aromatic carbocycles. The van der Waals surface area contributed by atoms with Gasteiger partial charge in [-0.1, -0.05) is 76.2 Å². The van der Waals surface area contributed by atoms with E-state index >= 15 is 0 Å². The van der Waals surface area contributed by atoms with Crippen molar-refractivity contribution < 1.29 is 0 Å². The molecule has 2 unspecified atom stereocenters. The third-order valence-corrected chi connectivity index (χ3v) is 5.22. The minimum Gasteiger partial charge on any atom is -0.0648 e. The van der Waals surface area contributed by atoms with Gasteiger partial charge in [0.05, 0.1) is 0 Å². The molecule has 0 heteroatoms. The van der Waals surface area contributed by atoms with Crippen molar-refractivity contribution in [2.45, 2.75) is 71.6 Å². The van der Waals surface area contributed by atoms with E-state index in [9.17, 15) is 0 Å². The third kappa shape index (κ3) is 5.23. The zero-order chi connectivity index (χ0) is 16.7. The molecule has 2 rings (SSSR count). The van der Waals surface area contributed by atoms with Crippen LogP contribution in [-0.4, -0.2) is 0 Å². The fourth-order valence-electron chi connectivity index (χ4n) is 3.04. The second-order valence-corrected chi connectivity index (χ2v) is 6.96. The molecule has 124 valence electrons. The highest BCUT2D eigenvalue weighted by Crippen LogP contribution is 2.21. The maximum atomic E-state index is 2.40. The summed E-state index contributed by atoms with van der Waals surface area (Å²) in [6, 6.07) is 18.4. The van der Waals surface area contributed by atoms with Crippen molar-refractivity contribution >= 4 is 0 Å². The zero-order valence-electron chi connectivity index (χ0n) is 15.3. The second-order valence-electron chi connectivity index (χ2n) is 6.96. The molecule has 0 amide bonds. The third-order valence-electron chi connectivity index (χ3n) is 5.22. The van der Waals surface area contributed by atoms with Crippen molar-refractivity contribution in [1.82, 2.24) is 0 Å². The highest BCUT2D eigenvalue weighted by Gasteiger charge is 2.05. The smallest absolute Gasteiger partial charge is 0.0193 e. The maximum absolute atomic E-state index is 2.40. The van der Waals surface area contributed by atoms with Crippen LogP contribution in [0.25, 0.3) is 0 Å². The largest absolute Gasteiger partial charge is 0.0648 e. The molecule has 0 saturated heterocycles. The van der Waals surface area contributed by atoms with E-state index in [2.05, 4.69) is 76.2 Å². The van der Waals surface area contributed by atoms with Crippen molar-refractivity contribution in [2.24, 2.45) is 0 Å². The first kappa shape index (κ1) is 17.8. The monoisotopic (exact) mass is 308 g/mol. The Morgan fingerprint density at radius 1 is 0.696 bits per heavy atom. The summed E-state index contributed by atoms with van der Waals surface area (Å²) in [6.45, 7) is 9.14. The summed E-state index contributed by atoms with van der Waals surface area (Å²) in [5.74, 6) is 1.34. The van der Waals surface area contributed by atoms with Gasteiger partial charge in [0.15, 0.2) is 0 Å². The summed E-state index contributed by atoms with van der Waals surface area (Å²) in [7, 11) is 0. The highest BCUT2D eigenvalue weighted by molar-refractivity contribution is 5.27. The van der Waals surface area contributed by atoms with Gasteiger partial charge in [-0.05, 0) is 66.2 Å². The Hall–Kier alpha value is -1.56. The lowest BCUT2D eigenvalue weighted by Gasteiger charge is -2.11. The standard InChI is InChI=1S/C23H32/c1-5-18(3)22-15-13-20(14-16-22)9-7-10-21-11-8-12-23(17-21)19(4)6-2/h8,11-19H,5-7,9-10H2,1-4H3. The van der Waals surface area contributed by atoms with Gasteiger partial charge in [0.25, 0.3) is 0 Å². The van der Waals surface area contributed by atoms with Crippen molar-refractivity contribution in [1.29, 1.82) is 0 Å². The summed E-state index contributed by atoms with van der Waals surface area (Å²) in [4.78, 5) is 0. The quantitative estimate of drug-likeness (QED) is 0.498. The van der Waals surface area contributed by atoms with Crippen LogP contribution in [-0.2, 0) is 12.8 Å². The first-order valence-corrected chi connectivity index (χ1v) is 9.31. The van der Waals surface area contributed by atoms with E-state index in [4.69, 9.17) is 0 Å². The minimum absolute atomic E-state index is 0.669. The Balaban J connectivity index is 1.87. The minimum atomic E-state index is 0.669. The molecule has 0 fully saturated rings. The van der Waals surface area contributed by atoms with E-state index in [1.165, 1.54) is 54.4 Å². The first-order chi connectivity index (χ1) is 11.1. The molecule has 0 aliphatic rings. The van der Waals surface area contributed by atoms with Gasteiger partial charge in [0.2, 0.25) is 0 Å². The lowest BCUT2D eigenvalue weighted by atomic mass is 9.94. The van der Waals surface area contributed by atoms with Crippen LogP contribution in [0.2, 0.25) is 0 Å². The van der Waals surface area contributed by atoms with E-state index < -0.39 is 0 Å². The van der Waals surface area contributed by atoms with Gasteiger partial charge in [0, 0.05) is 0 Å². The van der Waals surface area contributed by atoms with Crippen LogP contribution in [0.4, 0.5) is 0 Å². The topological polar surface area (TPSA) is 0 Å². The van der Waals surface area contributed by atoms with Crippen LogP contribution < -0.4 is 0 Å². The summed E-state index contributed by atoms with van der Waals surface area (Å²) < 4.78 is 0. The molecule has 2 aromatic rings. The lowest BCUT2D eigenvalue weighted by Crippen LogP contribution is -1.95. The van der Waals surface area contributed by atoms with Gasteiger partial charge >= 0.3 is 0 Å². The first-order valence-electron chi connectivity index (χ1n) is 9.31. The molecule has 0 aliphatic heterocycles. The summed E-state index contributed by atoms with van der Waals surface area (Å²) in [5, 5.41) is 0. The molecule has 2 atom stereocenters. The van der Waals surface area contributed by atoms with Gasteiger partial charge in [-0.25, -0.2) is 0 Å². The SMILES string of the molecule is CCC(C)c1ccc(CCCc2cccc(C(C)CC)c2)cc1. The van der Waals surface area contributed by atoms with Crippen LogP contribution in [0.1, 0.15) is 81.0 Å². The van der Waals surface area contributed by atoms with Crippen molar-refractivity contribution in [3.8, 4) is 0 Å². The molecule has 0 bridgehead atoms. The Bertz CT molecular complexity index is 579. The van der Waals surface area contributed by atoms with Gasteiger partial charge in [-0.15, -0.1) is 0 Å². The van der Waals surface area contributed by atoms with Crippen molar-refractivity contribution in [3.63, 3.8) is 0 Å². The van der Waals surface area contributed by atoms with Crippen LogP contribution in [0.15, 0.2) is 48.5 Å². The predicted octanol–water partition coefficient (Wildman–Crippen LogP) is 6.89. The summed E-state index contributed by atoms with van der Waals surface area (Å²) >= 11 is 0. The normalized spacial score (nSPS) is 13.7. The molecule has 0 heterocycles. The number of benzene rings is 2. The van der Waals surface area contributed by atoms with E-state index in [-0.39, 0.29) is 0 Å². The second kappa shape index (κ2) is 8.91. The lowest BCUT2D eigenvalue weighted by molar-refractivity contribution is 0.728. The molecular weight excluding hydrogens is 276 g/mol. The number of rotatable bonds is 8. The average molecular weight is 309 g/mol. The van der Waals surface area contributed by atoms with Gasteiger partial charge in [0.1, 0.15) is 0 Å². The van der Waals surface area contributed by atoms with Crippen LogP contribution in [0.3, 0.4) is 0 Å². The van der Waals surface area contributed by atoms with E-state index in [0.29, 0.717) is 11.8 Å². The molecule has 0 N–H and O–H groups in total. The highest BCUT2D eigenvalue weighted by atomic mass is 14.1. The Kier molecular flexibility index (Phi) is 6.89. The molecule has 0 spiro atoms. The van der Waals surface area contributed by atoms with Crippen LogP contribution in [0, 0.1) is 0 Å². The van der Waals surface area contributed by atoms with Gasteiger partial charge < -0.3 is 0 Å². The molecule has 0 nitrogen and oxygen atoms in total. The molecule has 23 heavy (non-hydrogen) atoms. The average Bonchev–Trinajstić information content (AvgIpc) is 2.61. The summed E-state index contributed by atoms with van der Waals surface area (Å²) in [6.07, 6.45) is 6.01. The fraction of sp³-hybridized carbons (Fsp3) is 0.478. The van der Waals surface area contributed by atoms with E-state index in [1.807, 2.05) is 0 Å². The van der Waals surface area contributed by atoms with Crippen LogP contribution in [0.5, 0.6) is 0 Å². The molecule has 0 aromatic heterocycles. The number of hydrogen-bond acceptors (Lipinski definition) is 0. The van der Waals surface area contributed by atoms with Gasteiger partial charge in [-0.3, -0.25) is 0 Å². The van der Waals surface area contributed by atoms with Gasteiger partial charge in [-0.2, -0.15) is 0 Å². The Morgan fingerprint density at radius 3 is 1.96 bits per heavy atom. The zero-order valence-corrected chi connectivity index (χ0v) is 15.3. The number of aryl methyl sites for hydroxylation is 2. The molecular formula is C23H32. The molecule has 0 radical (unpaired) electrons. The van der Waals surface area contributed by atoms with Crippen LogP contribution >= 0.6 is 0 Å². The Morgan fingerprint density at radius 2 is 1.30 bits per heavy atom. The Labute approximate surface area is 143 Å². The predicted molar refractivity (Wildman–Crippen MR) is 102 cm³/mol. The van der Waals surface area contributed by atoms with E-state index in [0.717, 1.165) is 0 Å². The summed E-state index contributed by atoms with van der Waals surface area (Å²) in [5.41, 5.74) is 5.91.